The number of carbonyl (C=O) groups is 1. The molecule has 156 valence electrons. The van der Waals surface area contributed by atoms with Gasteiger partial charge in [-0.05, 0) is 24.6 Å². The summed E-state index contributed by atoms with van der Waals surface area (Å²) in [7, 11) is 1.56. The molecule has 5 heterocycles. The van der Waals surface area contributed by atoms with E-state index in [1.165, 1.54) is 24.7 Å². The fourth-order valence-corrected chi connectivity index (χ4v) is 3.97. The van der Waals surface area contributed by atoms with Gasteiger partial charge in [-0.1, -0.05) is 0 Å². The largest absolute Gasteiger partial charge is 0.366 e. The highest BCUT2D eigenvalue weighted by atomic mass is 19.1. The summed E-state index contributed by atoms with van der Waals surface area (Å²) in [5.74, 6) is 0.418. The van der Waals surface area contributed by atoms with E-state index >= 15 is 0 Å². The van der Waals surface area contributed by atoms with Crippen molar-refractivity contribution in [3.8, 4) is 11.3 Å². The van der Waals surface area contributed by atoms with Crippen LogP contribution in [0.4, 0.5) is 26.5 Å². The molecule has 1 saturated heterocycles. The summed E-state index contributed by atoms with van der Waals surface area (Å²) in [4.78, 5) is 37.8. The van der Waals surface area contributed by atoms with E-state index in [4.69, 9.17) is 4.98 Å². The molecule has 2 aliphatic rings. The van der Waals surface area contributed by atoms with Crippen molar-refractivity contribution < 1.29 is 9.18 Å². The Hall–Kier alpha value is -3.95. The SMILES string of the molecule is CN=Cc1ncc(-c2ccc3c(n2)N(C(=O)Nc2cnccn2)[C@H]2CCN3C2)cc1F. The predicted molar refractivity (Wildman–Crippen MR) is 115 cm³/mol. The van der Waals surface area contributed by atoms with Gasteiger partial charge in [-0.15, -0.1) is 0 Å². The molecule has 0 aliphatic carbocycles. The van der Waals surface area contributed by atoms with Crippen LogP contribution in [0, 0.1) is 5.82 Å². The highest BCUT2D eigenvalue weighted by Crippen LogP contribution is 2.40. The molecule has 0 unspecified atom stereocenters. The number of rotatable bonds is 3. The van der Waals surface area contributed by atoms with Gasteiger partial charge in [-0.3, -0.25) is 25.2 Å². The number of amides is 2. The van der Waals surface area contributed by atoms with Gasteiger partial charge in [-0.2, -0.15) is 0 Å². The maximum atomic E-state index is 14.4. The number of pyridine rings is 2. The fourth-order valence-electron chi connectivity index (χ4n) is 3.97. The maximum absolute atomic E-state index is 14.4. The van der Waals surface area contributed by atoms with E-state index < -0.39 is 5.82 Å². The third-order valence-corrected chi connectivity index (χ3v) is 5.39. The molecule has 1 N–H and O–H groups in total. The number of halogens is 1. The Morgan fingerprint density at radius 2 is 2.19 bits per heavy atom. The third kappa shape index (κ3) is 3.45. The molecule has 0 saturated carbocycles. The number of hydrogen-bond donors (Lipinski definition) is 1. The van der Waals surface area contributed by atoms with Gasteiger partial charge in [0.2, 0.25) is 0 Å². The normalized spacial score (nSPS) is 17.2. The number of urea groups is 1. The van der Waals surface area contributed by atoms with E-state index in [-0.39, 0.29) is 17.8 Å². The van der Waals surface area contributed by atoms with Crippen molar-refractivity contribution in [1.82, 2.24) is 19.9 Å². The van der Waals surface area contributed by atoms with Gasteiger partial charge in [-0.25, -0.2) is 19.2 Å². The number of nitrogens with zero attached hydrogens (tertiary/aromatic N) is 7. The van der Waals surface area contributed by atoms with Crippen molar-refractivity contribution in [2.45, 2.75) is 12.5 Å². The van der Waals surface area contributed by atoms with Crippen LogP contribution in [0.1, 0.15) is 12.1 Å². The average molecular weight is 418 g/mol. The molecule has 1 atom stereocenters. The van der Waals surface area contributed by atoms with Crippen LogP contribution in [-0.4, -0.2) is 58.4 Å². The number of hydrogen-bond acceptors (Lipinski definition) is 7. The molecular formula is C21H19FN8O. The molecule has 10 heteroatoms. The zero-order chi connectivity index (χ0) is 21.4. The Morgan fingerprint density at radius 3 is 2.97 bits per heavy atom. The van der Waals surface area contributed by atoms with Crippen molar-refractivity contribution in [2.75, 3.05) is 35.3 Å². The van der Waals surface area contributed by atoms with E-state index in [1.54, 1.807) is 24.3 Å². The van der Waals surface area contributed by atoms with Crippen LogP contribution < -0.4 is 15.1 Å². The van der Waals surface area contributed by atoms with E-state index in [9.17, 15) is 9.18 Å². The zero-order valence-corrected chi connectivity index (χ0v) is 16.7. The van der Waals surface area contributed by atoms with E-state index in [1.807, 2.05) is 12.1 Å². The molecule has 0 spiro atoms. The molecule has 2 aliphatic heterocycles. The topological polar surface area (TPSA) is 99.5 Å². The molecule has 2 amide bonds. The number of anilines is 3. The average Bonchev–Trinajstić information content (AvgIpc) is 3.20. The Morgan fingerprint density at radius 1 is 1.29 bits per heavy atom. The molecule has 3 aromatic rings. The summed E-state index contributed by atoms with van der Waals surface area (Å²) in [6, 6.07) is 4.78. The van der Waals surface area contributed by atoms with Gasteiger partial charge in [0.1, 0.15) is 5.69 Å². The Balaban J connectivity index is 1.52. The van der Waals surface area contributed by atoms with E-state index in [0.717, 1.165) is 25.2 Å². The maximum Gasteiger partial charge on any atom is 0.329 e. The first-order chi connectivity index (χ1) is 15.1. The molecule has 31 heavy (non-hydrogen) atoms. The predicted octanol–water partition coefficient (Wildman–Crippen LogP) is 2.75. The molecular weight excluding hydrogens is 399 g/mol. The minimum absolute atomic E-state index is 0.00933. The van der Waals surface area contributed by atoms with Crippen LogP contribution in [0.2, 0.25) is 0 Å². The van der Waals surface area contributed by atoms with Crippen molar-refractivity contribution in [3.05, 3.63) is 54.5 Å². The van der Waals surface area contributed by atoms with E-state index in [0.29, 0.717) is 22.9 Å². The molecule has 2 bridgehead atoms. The monoisotopic (exact) mass is 418 g/mol. The van der Waals surface area contributed by atoms with Crippen LogP contribution in [-0.2, 0) is 0 Å². The van der Waals surface area contributed by atoms with Crippen LogP contribution in [0.5, 0.6) is 0 Å². The second-order valence-corrected chi connectivity index (χ2v) is 7.30. The highest BCUT2D eigenvalue weighted by molar-refractivity contribution is 6.04. The van der Waals surface area contributed by atoms with Crippen LogP contribution in [0.3, 0.4) is 0 Å². The number of nitrogens with one attached hydrogen (secondary N) is 1. The summed E-state index contributed by atoms with van der Waals surface area (Å²) >= 11 is 0. The van der Waals surface area contributed by atoms with Gasteiger partial charge in [0.05, 0.1) is 23.6 Å². The van der Waals surface area contributed by atoms with Gasteiger partial charge >= 0.3 is 6.03 Å². The van der Waals surface area contributed by atoms with Crippen LogP contribution in [0.25, 0.3) is 11.3 Å². The molecule has 9 nitrogen and oxygen atoms in total. The first-order valence-corrected chi connectivity index (χ1v) is 9.84. The summed E-state index contributed by atoms with van der Waals surface area (Å²) in [5, 5.41) is 2.79. The van der Waals surface area contributed by atoms with Crippen LogP contribution >= 0.6 is 0 Å². The Bertz CT molecular complexity index is 1170. The van der Waals surface area contributed by atoms with Crippen molar-refractivity contribution in [1.29, 1.82) is 0 Å². The lowest BCUT2D eigenvalue weighted by Gasteiger charge is -2.35. The molecule has 1 fully saturated rings. The minimum Gasteiger partial charge on any atom is -0.366 e. The highest BCUT2D eigenvalue weighted by Gasteiger charge is 2.40. The molecule has 0 aromatic carbocycles. The molecule has 3 aromatic heterocycles. The van der Waals surface area contributed by atoms with Crippen molar-refractivity contribution >= 4 is 29.6 Å². The second kappa shape index (κ2) is 7.71. The van der Waals surface area contributed by atoms with Gasteiger partial charge in [0.15, 0.2) is 17.5 Å². The first kappa shape index (κ1) is 19.0. The quantitative estimate of drug-likeness (QED) is 0.657. The second-order valence-electron chi connectivity index (χ2n) is 7.30. The smallest absolute Gasteiger partial charge is 0.329 e. The fraction of sp³-hybridized carbons (Fsp3) is 0.238. The Kier molecular flexibility index (Phi) is 4.73. The summed E-state index contributed by atoms with van der Waals surface area (Å²) < 4.78 is 14.4. The number of aliphatic imine (C=N–C) groups is 1. The standard InChI is InChI=1S/C21H19FN8O/c1-23-10-17-15(22)8-13(9-26-17)16-2-3-18-20(27-16)30(14-4-7-29(18)12-14)21(31)28-19-11-24-5-6-25-19/h2-3,5-6,8-11,14H,4,7,12H2,1H3,(H,25,28,31)/t14-/m0/s1. The van der Waals surface area contributed by atoms with Crippen LogP contribution in [0.15, 0.2) is 48.0 Å². The number of carbonyl (C=O) groups excluding carboxylic acids is 1. The van der Waals surface area contributed by atoms with E-state index in [2.05, 4.69) is 30.2 Å². The lowest BCUT2D eigenvalue weighted by Crippen LogP contribution is -2.48. The summed E-state index contributed by atoms with van der Waals surface area (Å²) in [5.41, 5.74) is 2.09. The lowest BCUT2D eigenvalue weighted by atomic mass is 10.1. The molecule has 0 radical (unpaired) electrons. The number of fused-ring (bicyclic) bond motifs is 4. The third-order valence-electron chi connectivity index (χ3n) is 5.39. The van der Waals surface area contributed by atoms with Crippen molar-refractivity contribution in [3.63, 3.8) is 0 Å². The molecule has 5 rings (SSSR count). The first-order valence-electron chi connectivity index (χ1n) is 9.84. The summed E-state index contributed by atoms with van der Waals surface area (Å²) in [6.07, 6.45) is 8.30. The van der Waals surface area contributed by atoms with Gasteiger partial charge in [0.25, 0.3) is 0 Å². The minimum atomic E-state index is -0.483. The zero-order valence-electron chi connectivity index (χ0n) is 16.7. The van der Waals surface area contributed by atoms with Gasteiger partial charge < -0.3 is 4.90 Å². The lowest BCUT2D eigenvalue weighted by molar-refractivity contribution is 0.254. The van der Waals surface area contributed by atoms with Gasteiger partial charge in [0, 0.05) is 50.5 Å². The summed E-state index contributed by atoms with van der Waals surface area (Å²) in [6.45, 7) is 1.58. The Labute approximate surface area is 177 Å². The van der Waals surface area contributed by atoms with Crippen molar-refractivity contribution in [2.24, 2.45) is 4.99 Å². The number of aromatic nitrogens is 4.